The number of hydrogen-bond donors (Lipinski definition) is 2. The summed E-state index contributed by atoms with van der Waals surface area (Å²) in [6.07, 6.45) is 0. The van der Waals surface area contributed by atoms with Crippen LogP contribution in [0.25, 0.3) is 0 Å². The minimum absolute atomic E-state index is 0.593. The van der Waals surface area contributed by atoms with Crippen LogP contribution in [0.1, 0.15) is 0 Å². The van der Waals surface area contributed by atoms with Crippen molar-refractivity contribution in [3.8, 4) is 11.5 Å². The van der Waals surface area contributed by atoms with Crippen molar-refractivity contribution in [2.75, 3.05) is 25.3 Å². The first-order chi connectivity index (χ1) is 8.74. The van der Waals surface area contributed by atoms with Crippen molar-refractivity contribution in [3.05, 3.63) is 42.5 Å². The maximum Gasteiger partial charge on any atom is 0.143 e. The maximum atomic E-state index is 5.99. The Balaban J connectivity index is 2.22. The van der Waals surface area contributed by atoms with Crippen molar-refractivity contribution in [2.45, 2.75) is 0 Å². The molecule has 0 spiro atoms. The summed E-state index contributed by atoms with van der Waals surface area (Å²) < 4.78 is 10.3. The molecule has 2 aromatic carbocycles. The minimum Gasteiger partial charge on any atom is -0.497 e. The van der Waals surface area contributed by atoms with Gasteiger partial charge in [0.2, 0.25) is 0 Å². The third kappa shape index (κ3) is 2.48. The molecular weight excluding hydrogens is 228 g/mol. The highest BCUT2D eigenvalue weighted by atomic mass is 16.5. The smallest absolute Gasteiger partial charge is 0.143 e. The summed E-state index contributed by atoms with van der Waals surface area (Å²) in [7, 11) is 3.24. The molecule has 18 heavy (non-hydrogen) atoms. The third-order valence-electron chi connectivity index (χ3n) is 2.66. The summed E-state index contributed by atoms with van der Waals surface area (Å²) in [5.74, 6) is 1.48. The van der Waals surface area contributed by atoms with Crippen LogP contribution < -0.4 is 20.5 Å². The molecule has 2 aromatic rings. The summed E-state index contributed by atoms with van der Waals surface area (Å²) in [5.41, 5.74) is 8.34. The van der Waals surface area contributed by atoms with E-state index in [4.69, 9.17) is 15.2 Å². The molecule has 0 fully saturated rings. The van der Waals surface area contributed by atoms with Crippen molar-refractivity contribution in [1.82, 2.24) is 0 Å². The predicted octanol–water partition coefficient (Wildman–Crippen LogP) is 3.03. The van der Waals surface area contributed by atoms with Gasteiger partial charge in [-0.2, -0.15) is 0 Å². The summed E-state index contributed by atoms with van der Waals surface area (Å²) in [4.78, 5) is 0. The second-order valence-electron chi connectivity index (χ2n) is 3.78. The zero-order valence-corrected chi connectivity index (χ0v) is 10.4. The molecule has 0 aromatic heterocycles. The van der Waals surface area contributed by atoms with Crippen LogP contribution in [0.3, 0.4) is 0 Å². The first-order valence-electron chi connectivity index (χ1n) is 5.58. The Bertz CT molecular complexity index is 524. The van der Waals surface area contributed by atoms with Crippen molar-refractivity contribution in [2.24, 2.45) is 0 Å². The van der Waals surface area contributed by atoms with E-state index in [1.54, 1.807) is 14.2 Å². The van der Waals surface area contributed by atoms with E-state index >= 15 is 0 Å². The van der Waals surface area contributed by atoms with Gasteiger partial charge in [0.1, 0.15) is 11.5 Å². The number of ether oxygens (including phenoxy) is 2. The summed E-state index contributed by atoms with van der Waals surface area (Å²) in [5, 5.41) is 3.24. The zero-order chi connectivity index (χ0) is 13.0. The molecule has 0 aliphatic heterocycles. The molecule has 0 saturated carbocycles. The quantitative estimate of drug-likeness (QED) is 0.812. The van der Waals surface area contributed by atoms with Crippen molar-refractivity contribution < 1.29 is 9.47 Å². The highest BCUT2D eigenvalue weighted by Crippen LogP contribution is 2.31. The fraction of sp³-hybridized carbons (Fsp3) is 0.143. The Labute approximate surface area is 106 Å². The molecule has 4 heteroatoms. The molecule has 94 valence electrons. The highest BCUT2D eigenvalue weighted by molar-refractivity contribution is 5.77. The Kier molecular flexibility index (Phi) is 3.57. The van der Waals surface area contributed by atoms with Crippen molar-refractivity contribution >= 4 is 17.1 Å². The molecule has 0 saturated heterocycles. The number of rotatable bonds is 4. The van der Waals surface area contributed by atoms with Crippen LogP contribution in [0.5, 0.6) is 11.5 Å². The van der Waals surface area contributed by atoms with E-state index < -0.39 is 0 Å². The number of nitrogens with two attached hydrogens (primary N) is 1. The molecule has 0 amide bonds. The average Bonchev–Trinajstić information content (AvgIpc) is 2.42. The van der Waals surface area contributed by atoms with Crippen LogP contribution in [0.2, 0.25) is 0 Å². The van der Waals surface area contributed by atoms with Crippen LogP contribution in [0, 0.1) is 0 Å². The first kappa shape index (κ1) is 12.1. The van der Waals surface area contributed by atoms with Crippen molar-refractivity contribution in [3.63, 3.8) is 0 Å². The summed E-state index contributed by atoms with van der Waals surface area (Å²) in [6, 6.07) is 13.3. The second kappa shape index (κ2) is 5.31. The molecule has 0 radical (unpaired) electrons. The van der Waals surface area contributed by atoms with Gasteiger partial charge in [-0.25, -0.2) is 0 Å². The first-order valence-corrected chi connectivity index (χ1v) is 5.58. The Morgan fingerprint density at radius 3 is 2.28 bits per heavy atom. The van der Waals surface area contributed by atoms with Crippen LogP contribution in [0.4, 0.5) is 17.1 Å². The van der Waals surface area contributed by atoms with E-state index in [0.29, 0.717) is 11.4 Å². The van der Waals surface area contributed by atoms with Gasteiger partial charge in [-0.15, -0.1) is 0 Å². The Morgan fingerprint density at radius 2 is 1.67 bits per heavy atom. The number of methoxy groups -OCH3 is 2. The topological polar surface area (TPSA) is 56.5 Å². The van der Waals surface area contributed by atoms with E-state index in [-0.39, 0.29) is 0 Å². The summed E-state index contributed by atoms with van der Waals surface area (Å²) >= 11 is 0. The number of hydrogen-bond acceptors (Lipinski definition) is 4. The van der Waals surface area contributed by atoms with Gasteiger partial charge in [0.15, 0.2) is 0 Å². The number of benzene rings is 2. The number of anilines is 3. The lowest BCUT2D eigenvalue weighted by Gasteiger charge is -2.12. The van der Waals surface area contributed by atoms with Crippen LogP contribution in [-0.4, -0.2) is 14.2 Å². The van der Waals surface area contributed by atoms with E-state index in [1.807, 2.05) is 42.5 Å². The molecule has 0 aliphatic rings. The highest BCUT2D eigenvalue weighted by Gasteiger charge is 2.05. The third-order valence-corrected chi connectivity index (χ3v) is 2.66. The van der Waals surface area contributed by atoms with Gasteiger partial charge >= 0.3 is 0 Å². The van der Waals surface area contributed by atoms with E-state index in [1.165, 1.54) is 0 Å². The van der Waals surface area contributed by atoms with Crippen LogP contribution in [0.15, 0.2) is 42.5 Å². The van der Waals surface area contributed by atoms with E-state index in [9.17, 15) is 0 Å². The molecular formula is C14H16N2O2. The number of nitrogen functional groups attached to an aromatic ring is 1. The fourth-order valence-electron chi connectivity index (χ4n) is 1.66. The standard InChI is InChI=1S/C14H16N2O2/c1-17-11-8-6-10(7-9-11)16-12-4-3-5-13(18-2)14(12)15/h3-9,16H,15H2,1-2H3. The molecule has 0 heterocycles. The predicted molar refractivity (Wildman–Crippen MR) is 73.7 cm³/mol. The van der Waals surface area contributed by atoms with E-state index in [0.717, 1.165) is 17.1 Å². The molecule has 4 nitrogen and oxygen atoms in total. The lowest BCUT2D eigenvalue weighted by Crippen LogP contribution is -1.98. The molecule has 0 aliphatic carbocycles. The maximum absolute atomic E-state index is 5.99. The monoisotopic (exact) mass is 244 g/mol. The van der Waals surface area contributed by atoms with Gasteiger partial charge in [0, 0.05) is 5.69 Å². The van der Waals surface area contributed by atoms with Gasteiger partial charge in [0.25, 0.3) is 0 Å². The molecule has 3 N–H and O–H groups in total. The minimum atomic E-state index is 0.593. The molecule has 0 bridgehead atoms. The number of para-hydroxylation sites is 1. The van der Waals surface area contributed by atoms with Gasteiger partial charge in [-0.3, -0.25) is 0 Å². The van der Waals surface area contributed by atoms with E-state index in [2.05, 4.69) is 5.32 Å². The summed E-state index contributed by atoms with van der Waals surface area (Å²) in [6.45, 7) is 0. The normalized spacial score (nSPS) is 9.89. The van der Waals surface area contributed by atoms with Gasteiger partial charge < -0.3 is 20.5 Å². The zero-order valence-electron chi connectivity index (χ0n) is 10.4. The molecule has 0 unspecified atom stereocenters. The lowest BCUT2D eigenvalue weighted by atomic mass is 10.2. The van der Waals surface area contributed by atoms with Gasteiger partial charge in [-0.05, 0) is 36.4 Å². The average molecular weight is 244 g/mol. The lowest BCUT2D eigenvalue weighted by molar-refractivity contribution is 0.415. The molecule has 2 rings (SSSR count). The SMILES string of the molecule is COc1ccc(Nc2cccc(OC)c2N)cc1. The Morgan fingerprint density at radius 1 is 0.944 bits per heavy atom. The van der Waals surface area contributed by atoms with Crippen LogP contribution in [-0.2, 0) is 0 Å². The van der Waals surface area contributed by atoms with Crippen molar-refractivity contribution in [1.29, 1.82) is 0 Å². The fourth-order valence-corrected chi connectivity index (χ4v) is 1.66. The van der Waals surface area contributed by atoms with Gasteiger partial charge in [0.05, 0.1) is 25.6 Å². The van der Waals surface area contributed by atoms with Gasteiger partial charge in [-0.1, -0.05) is 6.07 Å². The molecule has 0 atom stereocenters. The number of nitrogens with one attached hydrogen (secondary N) is 1. The second-order valence-corrected chi connectivity index (χ2v) is 3.78. The largest absolute Gasteiger partial charge is 0.497 e. The Hall–Kier alpha value is -2.36. The van der Waals surface area contributed by atoms with Crippen LogP contribution >= 0.6 is 0 Å².